The van der Waals surface area contributed by atoms with Crippen LogP contribution in [0.5, 0.6) is 0 Å². The summed E-state index contributed by atoms with van der Waals surface area (Å²) in [6, 6.07) is 11.8. The summed E-state index contributed by atoms with van der Waals surface area (Å²) in [7, 11) is 0. The maximum absolute atomic E-state index is 13.2. The van der Waals surface area contributed by atoms with Crippen molar-refractivity contribution in [3.63, 3.8) is 0 Å². The average molecular weight is 253 g/mol. The molecule has 2 aromatic rings. The van der Waals surface area contributed by atoms with E-state index in [9.17, 15) is 9.18 Å². The largest absolute Gasteiger partial charge is 0.292 e. The third-order valence-electron chi connectivity index (χ3n) is 3.18. The van der Waals surface area contributed by atoms with Crippen molar-refractivity contribution in [3.05, 3.63) is 65.0 Å². The van der Waals surface area contributed by atoms with E-state index < -0.39 is 0 Å². The number of Topliss-reactive ketones (excluding diaryl/α,β-unsaturated/α-hetero) is 1. The highest BCUT2D eigenvalue weighted by molar-refractivity contribution is 6.47. The van der Waals surface area contributed by atoms with Gasteiger partial charge in [0.2, 0.25) is 0 Å². The number of nitrogens with zero attached hydrogens (tertiary/aromatic N) is 1. The number of hydrogen-bond acceptors (Lipinski definition) is 2. The maximum atomic E-state index is 13.2. The van der Waals surface area contributed by atoms with Crippen LogP contribution in [0.25, 0.3) is 0 Å². The smallest absolute Gasteiger partial charge is 0.186 e. The molecule has 3 heteroatoms. The molecule has 94 valence electrons. The molecule has 0 bridgehead atoms. The van der Waals surface area contributed by atoms with Crippen LogP contribution in [-0.4, -0.2) is 11.5 Å². The SMILES string of the molecule is Cc1ccc2c(c1)CC(=O)C(c1cccc(F)c1)=N2. The Morgan fingerprint density at radius 1 is 1.16 bits per heavy atom. The maximum Gasteiger partial charge on any atom is 0.186 e. The molecule has 0 spiro atoms. The Hall–Kier alpha value is -2.29. The molecule has 0 radical (unpaired) electrons. The monoisotopic (exact) mass is 253 g/mol. The molecule has 0 amide bonds. The van der Waals surface area contributed by atoms with Crippen LogP contribution in [0.3, 0.4) is 0 Å². The first-order chi connectivity index (χ1) is 9.13. The Labute approximate surface area is 110 Å². The highest BCUT2D eigenvalue weighted by Crippen LogP contribution is 2.27. The summed E-state index contributed by atoms with van der Waals surface area (Å²) in [6.45, 7) is 1.98. The zero-order chi connectivity index (χ0) is 13.4. The minimum absolute atomic E-state index is 0.0660. The molecular formula is C16H12FNO. The lowest BCUT2D eigenvalue weighted by molar-refractivity contribution is -0.112. The number of fused-ring (bicyclic) bond motifs is 1. The van der Waals surface area contributed by atoms with Crippen LogP contribution in [0.2, 0.25) is 0 Å². The number of ketones is 1. The van der Waals surface area contributed by atoms with Crippen LogP contribution in [-0.2, 0) is 11.2 Å². The number of carbonyl (C=O) groups is 1. The molecule has 2 aromatic carbocycles. The second-order valence-corrected chi connectivity index (χ2v) is 4.70. The molecule has 0 saturated carbocycles. The summed E-state index contributed by atoms with van der Waals surface area (Å²) in [5.74, 6) is -0.425. The molecule has 0 saturated heterocycles. The summed E-state index contributed by atoms with van der Waals surface area (Å²) in [6.07, 6.45) is 0.326. The number of aryl methyl sites for hydroxylation is 1. The molecule has 1 aliphatic heterocycles. The quantitative estimate of drug-likeness (QED) is 0.766. The third-order valence-corrected chi connectivity index (χ3v) is 3.18. The van der Waals surface area contributed by atoms with E-state index in [1.54, 1.807) is 12.1 Å². The molecule has 2 nitrogen and oxygen atoms in total. The summed E-state index contributed by atoms with van der Waals surface area (Å²) < 4.78 is 13.2. The highest BCUT2D eigenvalue weighted by Gasteiger charge is 2.21. The second kappa shape index (κ2) is 4.43. The fraction of sp³-hybridized carbons (Fsp3) is 0.125. The van der Waals surface area contributed by atoms with Crippen molar-refractivity contribution in [2.45, 2.75) is 13.3 Å². The van der Waals surface area contributed by atoms with E-state index in [1.807, 2.05) is 25.1 Å². The molecular weight excluding hydrogens is 241 g/mol. The first kappa shape index (κ1) is 11.8. The predicted octanol–water partition coefficient (Wildman–Crippen LogP) is 3.38. The van der Waals surface area contributed by atoms with E-state index in [4.69, 9.17) is 0 Å². The van der Waals surface area contributed by atoms with Crippen molar-refractivity contribution in [1.82, 2.24) is 0 Å². The zero-order valence-corrected chi connectivity index (χ0v) is 10.5. The van der Waals surface area contributed by atoms with Gasteiger partial charge >= 0.3 is 0 Å². The fourth-order valence-corrected chi connectivity index (χ4v) is 2.27. The van der Waals surface area contributed by atoms with Gasteiger partial charge in [-0.2, -0.15) is 0 Å². The van der Waals surface area contributed by atoms with Crippen LogP contribution in [0, 0.1) is 12.7 Å². The van der Waals surface area contributed by atoms with E-state index >= 15 is 0 Å². The summed E-state index contributed by atoms with van der Waals surface area (Å²) in [5, 5.41) is 0. The molecule has 0 N–H and O–H groups in total. The van der Waals surface area contributed by atoms with Crippen molar-refractivity contribution < 1.29 is 9.18 Å². The number of carbonyl (C=O) groups excluding carboxylic acids is 1. The van der Waals surface area contributed by atoms with Crippen LogP contribution >= 0.6 is 0 Å². The van der Waals surface area contributed by atoms with Crippen LogP contribution in [0.15, 0.2) is 47.5 Å². The van der Waals surface area contributed by atoms with Gasteiger partial charge in [0.25, 0.3) is 0 Å². The molecule has 3 rings (SSSR count). The Bertz CT molecular complexity index is 704. The van der Waals surface area contributed by atoms with Gasteiger partial charge in [-0.25, -0.2) is 9.38 Å². The van der Waals surface area contributed by atoms with Crippen molar-refractivity contribution >= 4 is 17.2 Å². The Kier molecular flexibility index (Phi) is 2.75. The Morgan fingerprint density at radius 3 is 2.79 bits per heavy atom. The second-order valence-electron chi connectivity index (χ2n) is 4.70. The molecule has 19 heavy (non-hydrogen) atoms. The van der Waals surface area contributed by atoms with Crippen molar-refractivity contribution in [3.8, 4) is 0 Å². The van der Waals surface area contributed by atoms with Gasteiger partial charge in [0, 0.05) is 12.0 Å². The zero-order valence-electron chi connectivity index (χ0n) is 10.5. The van der Waals surface area contributed by atoms with E-state index in [0.717, 1.165) is 16.8 Å². The lowest BCUT2D eigenvalue weighted by atomic mass is 9.95. The molecule has 1 heterocycles. The number of halogens is 1. The molecule has 0 aliphatic carbocycles. The first-order valence-corrected chi connectivity index (χ1v) is 6.11. The molecule has 0 aromatic heterocycles. The van der Waals surface area contributed by atoms with E-state index in [-0.39, 0.29) is 11.6 Å². The van der Waals surface area contributed by atoms with Crippen LogP contribution in [0.1, 0.15) is 16.7 Å². The number of benzene rings is 2. The van der Waals surface area contributed by atoms with Crippen LogP contribution < -0.4 is 0 Å². The lowest BCUT2D eigenvalue weighted by Gasteiger charge is -2.15. The van der Waals surface area contributed by atoms with Gasteiger partial charge in [-0.05, 0) is 30.7 Å². The van der Waals surface area contributed by atoms with E-state index in [0.29, 0.717) is 17.7 Å². The lowest BCUT2D eigenvalue weighted by Crippen LogP contribution is -2.21. The van der Waals surface area contributed by atoms with Crippen molar-refractivity contribution in [1.29, 1.82) is 0 Å². The minimum Gasteiger partial charge on any atom is -0.292 e. The predicted molar refractivity (Wildman–Crippen MR) is 72.5 cm³/mol. The van der Waals surface area contributed by atoms with Gasteiger partial charge in [0.15, 0.2) is 5.78 Å². The Morgan fingerprint density at radius 2 is 2.00 bits per heavy atom. The normalized spacial score (nSPS) is 14.0. The van der Waals surface area contributed by atoms with Gasteiger partial charge in [-0.15, -0.1) is 0 Å². The van der Waals surface area contributed by atoms with Gasteiger partial charge in [0.1, 0.15) is 11.5 Å². The number of aliphatic imine (C=N–C) groups is 1. The number of hydrogen-bond donors (Lipinski definition) is 0. The number of rotatable bonds is 1. The van der Waals surface area contributed by atoms with E-state index in [2.05, 4.69) is 4.99 Å². The van der Waals surface area contributed by atoms with Gasteiger partial charge in [-0.1, -0.05) is 29.8 Å². The molecule has 0 atom stereocenters. The van der Waals surface area contributed by atoms with E-state index in [1.165, 1.54) is 12.1 Å². The van der Waals surface area contributed by atoms with Gasteiger partial charge in [-0.3, -0.25) is 4.79 Å². The average Bonchev–Trinajstić information content (AvgIpc) is 2.37. The van der Waals surface area contributed by atoms with Crippen molar-refractivity contribution in [2.24, 2.45) is 4.99 Å². The van der Waals surface area contributed by atoms with Crippen LogP contribution in [0.4, 0.5) is 10.1 Å². The standard InChI is InChI=1S/C16H12FNO/c1-10-5-6-14-12(7-10)9-15(19)16(18-14)11-3-2-4-13(17)8-11/h2-8H,9H2,1H3. The van der Waals surface area contributed by atoms with Crippen molar-refractivity contribution in [2.75, 3.05) is 0 Å². The first-order valence-electron chi connectivity index (χ1n) is 6.11. The Balaban J connectivity index is 2.12. The molecule has 0 unspecified atom stereocenters. The van der Waals surface area contributed by atoms with Gasteiger partial charge < -0.3 is 0 Å². The summed E-state index contributed by atoms with van der Waals surface area (Å²) in [4.78, 5) is 16.5. The highest BCUT2D eigenvalue weighted by atomic mass is 19.1. The summed E-state index contributed by atoms with van der Waals surface area (Å²) >= 11 is 0. The van der Waals surface area contributed by atoms with Gasteiger partial charge in [0.05, 0.1) is 5.69 Å². The molecule has 0 fully saturated rings. The summed E-state index contributed by atoms with van der Waals surface area (Å²) in [5.41, 5.74) is 3.72. The fourth-order valence-electron chi connectivity index (χ4n) is 2.27. The molecule has 1 aliphatic rings. The third kappa shape index (κ3) is 2.19. The minimum atomic E-state index is -0.359. The topological polar surface area (TPSA) is 29.4 Å².